The van der Waals surface area contributed by atoms with Gasteiger partial charge in [0.25, 0.3) is 0 Å². The second-order valence-electron chi connectivity index (χ2n) is 6.64. The minimum Gasteiger partial charge on any atom is -0.493 e. The minimum atomic E-state index is 0.322. The highest BCUT2D eigenvalue weighted by atomic mass is 16.5. The summed E-state index contributed by atoms with van der Waals surface area (Å²) in [7, 11) is 3.19. The van der Waals surface area contributed by atoms with Crippen LogP contribution in [-0.2, 0) is 24.5 Å². The van der Waals surface area contributed by atoms with Gasteiger partial charge in [-0.2, -0.15) is 0 Å². The number of ether oxygens (including phenoxy) is 3. The van der Waals surface area contributed by atoms with E-state index < -0.39 is 0 Å². The zero-order chi connectivity index (χ0) is 21.2. The van der Waals surface area contributed by atoms with Crippen LogP contribution in [0.2, 0.25) is 0 Å². The second kappa shape index (κ2) is 10.9. The molecule has 3 aromatic rings. The molecule has 3 aromatic carbocycles. The fourth-order valence-corrected chi connectivity index (χ4v) is 2.98. The van der Waals surface area contributed by atoms with Crippen LogP contribution in [0.1, 0.15) is 16.7 Å². The van der Waals surface area contributed by atoms with Gasteiger partial charge in [-0.15, -0.1) is 0 Å². The van der Waals surface area contributed by atoms with Gasteiger partial charge in [0.05, 0.1) is 34.0 Å². The lowest BCUT2D eigenvalue weighted by molar-refractivity contribution is 0.106. The van der Waals surface area contributed by atoms with E-state index in [9.17, 15) is 0 Å². The molecule has 0 aliphatic carbocycles. The molecule has 0 aliphatic heterocycles. The van der Waals surface area contributed by atoms with Crippen LogP contribution in [0.3, 0.4) is 0 Å². The highest BCUT2D eigenvalue weighted by molar-refractivity contribution is 5.92. The largest absolute Gasteiger partial charge is 0.493 e. The Hall–Kier alpha value is -3.51. The number of aliphatic imine (C=N–C) groups is 1. The first-order valence-electron chi connectivity index (χ1n) is 9.67. The summed E-state index contributed by atoms with van der Waals surface area (Å²) in [6, 6.07) is 23.7. The van der Waals surface area contributed by atoms with Crippen molar-refractivity contribution in [2.24, 2.45) is 10.7 Å². The third-order valence-electron chi connectivity index (χ3n) is 4.56. The number of guanidine groups is 1. The summed E-state index contributed by atoms with van der Waals surface area (Å²) in [5.74, 6) is 1.60. The van der Waals surface area contributed by atoms with Crippen molar-refractivity contribution in [3.63, 3.8) is 0 Å². The number of nitrogens with zero attached hydrogens (tertiary/aromatic N) is 1. The maximum Gasteiger partial charge on any atom is 0.193 e. The van der Waals surface area contributed by atoms with Crippen molar-refractivity contribution in [1.29, 1.82) is 0 Å². The Balaban J connectivity index is 1.60. The highest BCUT2D eigenvalue weighted by Gasteiger charge is 2.06. The Morgan fingerprint density at radius 1 is 0.833 bits per heavy atom. The lowest BCUT2D eigenvalue weighted by Gasteiger charge is -2.12. The number of hydrogen-bond donors (Lipinski definition) is 2. The molecule has 0 unspecified atom stereocenters. The Bertz CT molecular complexity index is 974. The monoisotopic (exact) mass is 405 g/mol. The van der Waals surface area contributed by atoms with E-state index in [2.05, 4.69) is 22.4 Å². The van der Waals surface area contributed by atoms with Crippen LogP contribution >= 0.6 is 0 Å². The Morgan fingerprint density at radius 3 is 2.27 bits per heavy atom. The molecule has 0 amide bonds. The molecule has 6 nitrogen and oxygen atoms in total. The Labute approximate surface area is 177 Å². The molecule has 0 aromatic heterocycles. The molecule has 0 atom stereocenters. The SMILES string of the molecule is COc1ccc(NC(N)=NCc2ccccc2COCc2ccccc2)cc1OC. The first kappa shape index (κ1) is 21.2. The van der Waals surface area contributed by atoms with Gasteiger partial charge in [-0.1, -0.05) is 54.6 Å². The fraction of sp³-hybridized carbons (Fsp3) is 0.208. The molecule has 0 bridgehead atoms. The zero-order valence-electron chi connectivity index (χ0n) is 17.3. The van der Waals surface area contributed by atoms with Crippen LogP contribution in [0.4, 0.5) is 5.69 Å². The van der Waals surface area contributed by atoms with Gasteiger partial charge >= 0.3 is 0 Å². The summed E-state index contributed by atoms with van der Waals surface area (Å²) in [6.45, 7) is 1.54. The maximum atomic E-state index is 6.08. The number of anilines is 1. The van der Waals surface area contributed by atoms with Crippen LogP contribution in [-0.4, -0.2) is 20.2 Å². The molecule has 30 heavy (non-hydrogen) atoms. The quantitative estimate of drug-likeness (QED) is 0.409. The third-order valence-corrected chi connectivity index (χ3v) is 4.56. The predicted molar refractivity (Wildman–Crippen MR) is 120 cm³/mol. The molecular formula is C24H27N3O3. The van der Waals surface area contributed by atoms with Crippen molar-refractivity contribution in [2.45, 2.75) is 19.8 Å². The second-order valence-corrected chi connectivity index (χ2v) is 6.64. The predicted octanol–water partition coefficient (Wildman–Crippen LogP) is 4.35. The standard InChI is InChI=1S/C24H27N3O3/c1-28-22-13-12-21(14-23(22)29-2)27-24(25)26-15-19-10-6-7-11-20(19)17-30-16-18-8-4-3-5-9-18/h3-14H,15-17H2,1-2H3,(H3,25,26,27). The number of methoxy groups -OCH3 is 2. The lowest BCUT2D eigenvalue weighted by Crippen LogP contribution is -2.22. The van der Waals surface area contributed by atoms with E-state index in [4.69, 9.17) is 19.9 Å². The van der Waals surface area contributed by atoms with Crippen molar-refractivity contribution < 1.29 is 14.2 Å². The van der Waals surface area contributed by atoms with Crippen molar-refractivity contribution >= 4 is 11.6 Å². The van der Waals surface area contributed by atoms with Crippen molar-refractivity contribution in [2.75, 3.05) is 19.5 Å². The molecular weight excluding hydrogens is 378 g/mol. The van der Waals surface area contributed by atoms with Crippen LogP contribution in [0.25, 0.3) is 0 Å². The first-order valence-corrected chi connectivity index (χ1v) is 9.67. The highest BCUT2D eigenvalue weighted by Crippen LogP contribution is 2.29. The molecule has 0 heterocycles. The smallest absolute Gasteiger partial charge is 0.193 e. The number of nitrogens with one attached hydrogen (secondary N) is 1. The van der Waals surface area contributed by atoms with Crippen LogP contribution in [0, 0.1) is 0 Å². The van der Waals surface area contributed by atoms with Crippen LogP contribution < -0.4 is 20.5 Å². The average molecular weight is 405 g/mol. The van der Waals surface area contributed by atoms with Crippen LogP contribution in [0.15, 0.2) is 77.8 Å². The zero-order valence-corrected chi connectivity index (χ0v) is 17.3. The van der Waals surface area contributed by atoms with Gasteiger partial charge in [0.15, 0.2) is 17.5 Å². The van der Waals surface area contributed by atoms with E-state index in [1.54, 1.807) is 14.2 Å². The fourth-order valence-electron chi connectivity index (χ4n) is 2.98. The molecule has 0 spiro atoms. The number of hydrogen-bond acceptors (Lipinski definition) is 4. The van der Waals surface area contributed by atoms with Gasteiger partial charge in [-0.05, 0) is 28.8 Å². The summed E-state index contributed by atoms with van der Waals surface area (Å²) in [5.41, 5.74) is 10.2. The third kappa shape index (κ3) is 5.99. The Kier molecular flexibility index (Phi) is 7.69. The molecule has 0 saturated heterocycles. The molecule has 0 radical (unpaired) electrons. The Morgan fingerprint density at radius 2 is 1.53 bits per heavy atom. The van der Waals surface area contributed by atoms with Crippen molar-refractivity contribution in [3.8, 4) is 11.5 Å². The van der Waals surface area contributed by atoms with Gasteiger partial charge in [-0.3, -0.25) is 0 Å². The molecule has 0 saturated carbocycles. The number of benzene rings is 3. The molecule has 3 rings (SSSR count). The summed E-state index contributed by atoms with van der Waals surface area (Å²) >= 11 is 0. The minimum absolute atomic E-state index is 0.322. The summed E-state index contributed by atoms with van der Waals surface area (Å²) in [5, 5.41) is 3.08. The van der Waals surface area contributed by atoms with E-state index in [0.29, 0.717) is 37.2 Å². The molecule has 156 valence electrons. The van der Waals surface area contributed by atoms with Crippen LogP contribution in [0.5, 0.6) is 11.5 Å². The topological polar surface area (TPSA) is 78.1 Å². The van der Waals surface area contributed by atoms with E-state index in [1.165, 1.54) is 0 Å². The molecule has 0 fully saturated rings. The van der Waals surface area contributed by atoms with Crippen molar-refractivity contribution in [1.82, 2.24) is 0 Å². The lowest BCUT2D eigenvalue weighted by atomic mass is 10.1. The van der Waals surface area contributed by atoms with Crippen molar-refractivity contribution in [3.05, 3.63) is 89.5 Å². The van der Waals surface area contributed by atoms with Gasteiger partial charge < -0.3 is 25.3 Å². The van der Waals surface area contributed by atoms with E-state index in [1.807, 2.05) is 60.7 Å². The first-order chi connectivity index (χ1) is 14.7. The summed E-state index contributed by atoms with van der Waals surface area (Å²) in [6.07, 6.45) is 0. The van der Waals surface area contributed by atoms with Gasteiger partial charge in [-0.25, -0.2) is 4.99 Å². The van der Waals surface area contributed by atoms with Gasteiger partial charge in [0.1, 0.15) is 0 Å². The average Bonchev–Trinajstić information content (AvgIpc) is 2.79. The molecule has 0 aliphatic rings. The van der Waals surface area contributed by atoms with E-state index in [-0.39, 0.29) is 0 Å². The number of rotatable bonds is 9. The molecule has 6 heteroatoms. The van der Waals surface area contributed by atoms with Gasteiger partial charge in [0.2, 0.25) is 0 Å². The summed E-state index contributed by atoms with van der Waals surface area (Å²) < 4.78 is 16.4. The number of nitrogens with two attached hydrogens (primary N) is 1. The molecule has 3 N–H and O–H groups in total. The normalized spacial score (nSPS) is 11.2. The maximum absolute atomic E-state index is 6.08. The van der Waals surface area contributed by atoms with Gasteiger partial charge in [0, 0.05) is 11.8 Å². The van der Waals surface area contributed by atoms with E-state index in [0.717, 1.165) is 22.4 Å². The summed E-state index contributed by atoms with van der Waals surface area (Å²) in [4.78, 5) is 4.47. The van der Waals surface area contributed by atoms with E-state index >= 15 is 0 Å².